The molecule has 0 radical (unpaired) electrons. The van der Waals surface area contributed by atoms with Crippen molar-refractivity contribution < 1.29 is 14.6 Å². The average Bonchev–Trinajstić information content (AvgIpc) is 2.50. The van der Waals surface area contributed by atoms with Gasteiger partial charge in [0.15, 0.2) is 0 Å². The third kappa shape index (κ3) is 3.99. The SMILES string of the molecule is COc1ccc(Br)cc1/C=N/NC(=O)c1cc(Cl)ccc1O. The molecular formula is C15H12BrClN2O3. The lowest BCUT2D eigenvalue weighted by atomic mass is 10.2. The lowest BCUT2D eigenvalue weighted by molar-refractivity contribution is 0.0952. The number of nitrogens with zero attached hydrogens (tertiary/aromatic N) is 1. The Kier molecular flexibility index (Phi) is 5.41. The molecule has 7 heteroatoms. The minimum absolute atomic E-state index is 0.0471. The van der Waals surface area contributed by atoms with Crippen LogP contribution in [-0.4, -0.2) is 24.3 Å². The van der Waals surface area contributed by atoms with Gasteiger partial charge in [-0.25, -0.2) is 5.43 Å². The third-order valence-corrected chi connectivity index (χ3v) is 3.49. The summed E-state index contributed by atoms with van der Waals surface area (Å²) in [5.74, 6) is -0.117. The van der Waals surface area contributed by atoms with Gasteiger partial charge in [0.25, 0.3) is 5.91 Å². The zero-order chi connectivity index (χ0) is 16.1. The van der Waals surface area contributed by atoms with E-state index >= 15 is 0 Å². The van der Waals surface area contributed by atoms with Crippen LogP contribution in [-0.2, 0) is 0 Å². The molecule has 2 aromatic rings. The summed E-state index contributed by atoms with van der Waals surface area (Å²) < 4.78 is 6.05. The first kappa shape index (κ1) is 16.3. The number of rotatable bonds is 4. The van der Waals surface area contributed by atoms with E-state index in [-0.39, 0.29) is 11.3 Å². The summed E-state index contributed by atoms with van der Waals surface area (Å²) in [5, 5.41) is 13.8. The number of hydrogen-bond donors (Lipinski definition) is 2. The van der Waals surface area contributed by atoms with Gasteiger partial charge in [0.2, 0.25) is 0 Å². The van der Waals surface area contributed by atoms with E-state index in [2.05, 4.69) is 26.5 Å². The number of amides is 1. The highest BCUT2D eigenvalue weighted by molar-refractivity contribution is 9.10. The first-order valence-corrected chi connectivity index (χ1v) is 7.34. The number of phenolic OH excluding ortho intramolecular Hbond substituents is 1. The van der Waals surface area contributed by atoms with Crippen molar-refractivity contribution in [3.05, 3.63) is 57.0 Å². The van der Waals surface area contributed by atoms with Crippen LogP contribution >= 0.6 is 27.5 Å². The molecule has 22 heavy (non-hydrogen) atoms. The quantitative estimate of drug-likeness (QED) is 0.626. The first-order valence-electron chi connectivity index (χ1n) is 6.16. The lowest BCUT2D eigenvalue weighted by Gasteiger charge is -2.05. The second-order valence-electron chi connectivity index (χ2n) is 4.25. The van der Waals surface area contributed by atoms with Gasteiger partial charge in [-0.3, -0.25) is 4.79 Å². The monoisotopic (exact) mass is 382 g/mol. The molecule has 0 aromatic heterocycles. The van der Waals surface area contributed by atoms with Crippen LogP contribution in [0.1, 0.15) is 15.9 Å². The van der Waals surface area contributed by atoms with E-state index in [0.29, 0.717) is 16.3 Å². The highest BCUT2D eigenvalue weighted by Gasteiger charge is 2.10. The standard InChI is InChI=1S/C15H12BrClN2O3/c1-22-14-5-2-10(16)6-9(14)8-18-19-15(21)12-7-11(17)3-4-13(12)20/h2-8,20H,1H3,(H,19,21)/b18-8+. The van der Waals surface area contributed by atoms with E-state index in [1.165, 1.54) is 24.4 Å². The Morgan fingerprint density at radius 2 is 2.14 bits per heavy atom. The number of benzene rings is 2. The van der Waals surface area contributed by atoms with Gasteiger partial charge in [0.1, 0.15) is 11.5 Å². The minimum Gasteiger partial charge on any atom is -0.507 e. The number of phenols is 1. The molecule has 2 aromatic carbocycles. The highest BCUT2D eigenvalue weighted by Crippen LogP contribution is 2.22. The summed E-state index contributed by atoms with van der Waals surface area (Å²) in [6.45, 7) is 0. The van der Waals surface area contributed by atoms with Crippen molar-refractivity contribution in [3.63, 3.8) is 0 Å². The van der Waals surface area contributed by atoms with E-state index in [1.54, 1.807) is 19.2 Å². The van der Waals surface area contributed by atoms with Gasteiger partial charge in [0.05, 0.1) is 18.9 Å². The number of carbonyl (C=O) groups is 1. The van der Waals surface area contributed by atoms with Crippen molar-refractivity contribution in [2.24, 2.45) is 5.10 Å². The van der Waals surface area contributed by atoms with E-state index in [1.807, 2.05) is 6.07 Å². The molecule has 5 nitrogen and oxygen atoms in total. The molecule has 0 spiro atoms. The zero-order valence-electron chi connectivity index (χ0n) is 11.5. The predicted octanol–water partition coefficient (Wildman–Crippen LogP) is 3.58. The maximum absolute atomic E-state index is 11.9. The Morgan fingerprint density at radius 1 is 1.36 bits per heavy atom. The number of nitrogens with one attached hydrogen (secondary N) is 1. The van der Waals surface area contributed by atoms with E-state index in [4.69, 9.17) is 16.3 Å². The van der Waals surface area contributed by atoms with Crippen LogP contribution in [0.4, 0.5) is 0 Å². The maximum atomic E-state index is 11.9. The van der Waals surface area contributed by atoms with Crippen molar-refractivity contribution in [2.75, 3.05) is 7.11 Å². The molecule has 0 unspecified atom stereocenters. The molecule has 0 bridgehead atoms. The molecule has 0 saturated carbocycles. The number of aromatic hydroxyl groups is 1. The molecule has 0 aliphatic heterocycles. The Bertz CT molecular complexity index is 735. The molecule has 2 N–H and O–H groups in total. The second-order valence-corrected chi connectivity index (χ2v) is 5.60. The van der Waals surface area contributed by atoms with Crippen molar-refractivity contribution >= 4 is 39.7 Å². The molecule has 0 atom stereocenters. The molecule has 114 valence electrons. The van der Waals surface area contributed by atoms with Crippen LogP contribution in [0.15, 0.2) is 46.0 Å². The van der Waals surface area contributed by atoms with Crippen molar-refractivity contribution in [3.8, 4) is 11.5 Å². The Morgan fingerprint density at radius 3 is 2.86 bits per heavy atom. The Hall–Kier alpha value is -2.05. The summed E-state index contributed by atoms with van der Waals surface area (Å²) in [5.41, 5.74) is 3.06. The Labute approximate surface area is 140 Å². The van der Waals surface area contributed by atoms with Gasteiger partial charge in [-0.2, -0.15) is 5.10 Å². The number of halogens is 2. The van der Waals surface area contributed by atoms with E-state index < -0.39 is 5.91 Å². The normalized spacial score (nSPS) is 10.7. The number of methoxy groups -OCH3 is 1. The smallest absolute Gasteiger partial charge is 0.275 e. The molecule has 0 aliphatic rings. The van der Waals surface area contributed by atoms with Gasteiger partial charge in [0, 0.05) is 15.1 Å². The predicted molar refractivity (Wildman–Crippen MR) is 88.9 cm³/mol. The summed E-state index contributed by atoms with van der Waals surface area (Å²) in [7, 11) is 1.54. The topological polar surface area (TPSA) is 70.9 Å². The number of ether oxygens (including phenoxy) is 1. The van der Waals surface area contributed by atoms with Gasteiger partial charge in [-0.15, -0.1) is 0 Å². The molecular weight excluding hydrogens is 372 g/mol. The second kappa shape index (κ2) is 7.29. The van der Waals surface area contributed by atoms with Crippen LogP contribution in [0.5, 0.6) is 11.5 Å². The van der Waals surface area contributed by atoms with Crippen molar-refractivity contribution in [1.82, 2.24) is 5.43 Å². The van der Waals surface area contributed by atoms with Gasteiger partial charge in [-0.1, -0.05) is 27.5 Å². The molecule has 0 fully saturated rings. The van der Waals surface area contributed by atoms with Gasteiger partial charge >= 0.3 is 0 Å². The lowest BCUT2D eigenvalue weighted by Crippen LogP contribution is -2.17. The fourth-order valence-electron chi connectivity index (χ4n) is 1.72. The summed E-state index contributed by atoms with van der Waals surface area (Å²) in [4.78, 5) is 11.9. The average molecular weight is 384 g/mol. The Balaban J connectivity index is 2.14. The summed E-state index contributed by atoms with van der Waals surface area (Å²) in [6.07, 6.45) is 1.45. The minimum atomic E-state index is -0.565. The maximum Gasteiger partial charge on any atom is 0.275 e. The van der Waals surface area contributed by atoms with Crippen LogP contribution in [0.3, 0.4) is 0 Å². The third-order valence-electron chi connectivity index (χ3n) is 2.76. The first-order chi connectivity index (χ1) is 10.5. The molecule has 0 heterocycles. The zero-order valence-corrected chi connectivity index (χ0v) is 13.9. The van der Waals surface area contributed by atoms with Crippen molar-refractivity contribution in [2.45, 2.75) is 0 Å². The van der Waals surface area contributed by atoms with Gasteiger partial charge < -0.3 is 9.84 Å². The molecule has 1 amide bonds. The van der Waals surface area contributed by atoms with Crippen molar-refractivity contribution in [1.29, 1.82) is 0 Å². The van der Waals surface area contributed by atoms with Crippen LogP contribution in [0.25, 0.3) is 0 Å². The van der Waals surface area contributed by atoms with Crippen LogP contribution < -0.4 is 10.2 Å². The molecule has 0 aliphatic carbocycles. The van der Waals surface area contributed by atoms with Gasteiger partial charge in [-0.05, 0) is 36.4 Å². The van der Waals surface area contributed by atoms with Crippen LogP contribution in [0, 0.1) is 0 Å². The number of hydrogen-bond acceptors (Lipinski definition) is 4. The summed E-state index contributed by atoms with van der Waals surface area (Å²) in [6, 6.07) is 9.60. The molecule has 2 rings (SSSR count). The fraction of sp³-hybridized carbons (Fsp3) is 0.0667. The largest absolute Gasteiger partial charge is 0.507 e. The number of carbonyl (C=O) groups excluding carboxylic acids is 1. The molecule has 0 saturated heterocycles. The highest BCUT2D eigenvalue weighted by atomic mass is 79.9. The van der Waals surface area contributed by atoms with E-state index in [9.17, 15) is 9.90 Å². The number of hydrazone groups is 1. The van der Waals surface area contributed by atoms with Crippen LogP contribution in [0.2, 0.25) is 5.02 Å². The summed E-state index contributed by atoms with van der Waals surface area (Å²) >= 11 is 9.14. The van der Waals surface area contributed by atoms with E-state index in [0.717, 1.165) is 4.47 Å². The fourth-order valence-corrected chi connectivity index (χ4v) is 2.27.